The van der Waals surface area contributed by atoms with Gasteiger partial charge in [-0.05, 0) is 19.1 Å². The van der Waals surface area contributed by atoms with Gasteiger partial charge in [0.25, 0.3) is 0 Å². The maximum atomic E-state index is 12.4. The van der Waals surface area contributed by atoms with Gasteiger partial charge in [-0.1, -0.05) is 17.7 Å². The fourth-order valence-electron chi connectivity index (χ4n) is 3.35. The third kappa shape index (κ3) is 11.9. The van der Waals surface area contributed by atoms with Gasteiger partial charge in [0.2, 0.25) is 23.6 Å². The molecule has 1 aliphatic rings. The predicted octanol–water partition coefficient (Wildman–Crippen LogP) is 0.642. The average molecular weight is 537 g/mol. The number of benzene rings is 1. The van der Waals surface area contributed by atoms with Crippen LogP contribution >= 0.6 is 11.8 Å². The monoisotopic (exact) mass is 536 g/mol. The van der Waals surface area contributed by atoms with Crippen molar-refractivity contribution in [1.82, 2.24) is 10.2 Å². The van der Waals surface area contributed by atoms with Crippen LogP contribution in [-0.4, -0.2) is 91.4 Å². The van der Waals surface area contributed by atoms with E-state index in [-0.39, 0.29) is 87.9 Å². The van der Waals surface area contributed by atoms with Gasteiger partial charge < -0.3 is 25.8 Å². The summed E-state index contributed by atoms with van der Waals surface area (Å²) >= 11 is 1.27. The van der Waals surface area contributed by atoms with Gasteiger partial charge in [-0.2, -0.15) is 0 Å². The van der Waals surface area contributed by atoms with E-state index >= 15 is 0 Å². The zero-order valence-corrected chi connectivity index (χ0v) is 22.0. The van der Waals surface area contributed by atoms with E-state index in [4.69, 9.17) is 15.2 Å². The first-order valence-corrected chi connectivity index (χ1v) is 13.3. The molecule has 12 heteroatoms. The Bertz CT molecular complexity index is 926. The molecule has 4 amide bonds. The maximum Gasteiger partial charge on any atom is 0.242 e. The summed E-state index contributed by atoms with van der Waals surface area (Å²) in [4.78, 5) is 60.8. The molecule has 0 bridgehead atoms. The Balaban J connectivity index is 1.46. The highest BCUT2D eigenvalue weighted by atomic mass is 32.2. The summed E-state index contributed by atoms with van der Waals surface area (Å²) in [6.07, 6.45) is 0.588. The second-order valence-electron chi connectivity index (χ2n) is 8.43. The van der Waals surface area contributed by atoms with E-state index in [1.54, 1.807) is 0 Å². The smallest absolute Gasteiger partial charge is 0.242 e. The Morgan fingerprint density at radius 1 is 1.00 bits per heavy atom. The van der Waals surface area contributed by atoms with Crippen molar-refractivity contribution in [2.24, 2.45) is 5.73 Å². The molecule has 4 N–H and O–H groups in total. The van der Waals surface area contributed by atoms with Crippen LogP contribution in [0.3, 0.4) is 0 Å². The fraction of sp³-hybridized carbons (Fsp3) is 0.560. The molecule has 204 valence electrons. The Kier molecular flexibility index (Phi) is 13.9. The number of nitrogens with one attached hydrogen (secondary N) is 2. The summed E-state index contributed by atoms with van der Waals surface area (Å²) < 4.78 is 10.8. The van der Waals surface area contributed by atoms with E-state index in [9.17, 15) is 24.0 Å². The van der Waals surface area contributed by atoms with Crippen molar-refractivity contribution in [3.63, 3.8) is 0 Å². The van der Waals surface area contributed by atoms with Crippen molar-refractivity contribution in [3.05, 3.63) is 29.8 Å². The first kappa shape index (κ1) is 30.4. The Labute approximate surface area is 221 Å². The van der Waals surface area contributed by atoms with Gasteiger partial charge in [0.05, 0.1) is 44.6 Å². The molecular formula is C25H36N4O7S. The quantitative estimate of drug-likeness (QED) is 0.181. The molecule has 0 radical (unpaired) electrons. The number of likely N-dealkylation sites (tertiary alicyclic amines) is 1. The number of anilines is 1. The average Bonchev–Trinajstić information content (AvgIpc) is 3.14. The number of Topliss-reactive ketones (excluding diaryl/α,β-unsaturated/α-hetero) is 1. The second-order valence-corrected chi connectivity index (χ2v) is 9.74. The molecule has 1 heterocycles. The molecule has 0 spiro atoms. The lowest BCUT2D eigenvalue weighted by atomic mass is 10.2. The van der Waals surface area contributed by atoms with Crippen LogP contribution in [0.4, 0.5) is 5.69 Å². The number of hydrogen-bond acceptors (Lipinski definition) is 9. The highest BCUT2D eigenvalue weighted by Crippen LogP contribution is 2.25. The minimum Gasteiger partial charge on any atom is -0.379 e. The van der Waals surface area contributed by atoms with Gasteiger partial charge in [-0.15, -0.1) is 11.8 Å². The van der Waals surface area contributed by atoms with Gasteiger partial charge in [0.1, 0.15) is 5.78 Å². The zero-order valence-electron chi connectivity index (χ0n) is 21.2. The highest BCUT2D eigenvalue weighted by Gasteiger charge is 2.38. The number of imide groups is 1. The number of amides is 4. The van der Waals surface area contributed by atoms with Crippen molar-refractivity contribution in [2.75, 3.05) is 57.1 Å². The predicted molar refractivity (Wildman–Crippen MR) is 140 cm³/mol. The maximum absolute atomic E-state index is 12.4. The molecule has 1 unspecified atom stereocenters. The van der Waals surface area contributed by atoms with Crippen LogP contribution in [-0.2, 0) is 33.4 Å². The van der Waals surface area contributed by atoms with Crippen molar-refractivity contribution >= 4 is 46.9 Å². The molecule has 1 atom stereocenters. The topological polar surface area (TPSA) is 157 Å². The minimum atomic E-state index is -0.515. The number of hydrogen-bond donors (Lipinski definition) is 3. The number of ether oxygens (including phenoxy) is 2. The Hall–Kier alpha value is -2.80. The molecule has 2 rings (SSSR count). The summed E-state index contributed by atoms with van der Waals surface area (Å²) in [5.41, 5.74) is 7.13. The van der Waals surface area contributed by atoms with Crippen molar-refractivity contribution in [3.8, 4) is 0 Å². The lowest BCUT2D eigenvalue weighted by Gasteiger charge is -2.14. The van der Waals surface area contributed by atoms with E-state index in [1.165, 1.54) is 11.8 Å². The van der Waals surface area contributed by atoms with Crippen LogP contribution < -0.4 is 16.4 Å². The van der Waals surface area contributed by atoms with Gasteiger partial charge in [0.15, 0.2) is 0 Å². The summed E-state index contributed by atoms with van der Waals surface area (Å²) in [6.45, 7) is 3.45. The number of aryl methyl sites for hydroxylation is 1. The molecular weight excluding hydrogens is 500 g/mol. The first-order chi connectivity index (χ1) is 17.8. The SMILES string of the molecule is Cc1ccc(NC(=O)CCOCCOCCNC(=O)CCN2C(=O)CC(SCCC(=O)CN)C2=O)cc1. The van der Waals surface area contributed by atoms with E-state index < -0.39 is 5.25 Å². The van der Waals surface area contributed by atoms with Gasteiger partial charge >= 0.3 is 0 Å². The molecule has 0 aromatic heterocycles. The summed E-state index contributed by atoms with van der Waals surface area (Å²) in [5.74, 6) is -0.700. The molecule has 1 saturated heterocycles. The highest BCUT2D eigenvalue weighted by molar-refractivity contribution is 8.00. The minimum absolute atomic E-state index is 0.00822. The molecule has 1 fully saturated rings. The third-order valence-corrected chi connectivity index (χ3v) is 6.65. The van der Waals surface area contributed by atoms with Crippen LogP contribution in [0.15, 0.2) is 24.3 Å². The number of thioether (sulfide) groups is 1. The van der Waals surface area contributed by atoms with Crippen LogP contribution in [0, 0.1) is 6.92 Å². The number of carbonyl (C=O) groups is 5. The van der Waals surface area contributed by atoms with E-state index in [2.05, 4.69) is 10.6 Å². The molecule has 0 aliphatic carbocycles. The summed E-state index contributed by atoms with van der Waals surface area (Å²) in [6, 6.07) is 7.54. The van der Waals surface area contributed by atoms with Crippen LogP contribution in [0.1, 0.15) is 31.2 Å². The van der Waals surface area contributed by atoms with Crippen LogP contribution in [0.5, 0.6) is 0 Å². The molecule has 1 aliphatic heterocycles. The van der Waals surface area contributed by atoms with Gasteiger partial charge in [-0.25, -0.2) is 0 Å². The molecule has 0 saturated carbocycles. The van der Waals surface area contributed by atoms with Crippen LogP contribution in [0.25, 0.3) is 0 Å². The number of nitrogens with two attached hydrogens (primary N) is 1. The Morgan fingerprint density at radius 2 is 1.70 bits per heavy atom. The second kappa shape index (κ2) is 16.8. The van der Waals surface area contributed by atoms with Crippen molar-refractivity contribution < 1.29 is 33.4 Å². The van der Waals surface area contributed by atoms with Gasteiger partial charge in [0, 0.05) is 43.8 Å². The molecule has 1 aromatic rings. The summed E-state index contributed by atoms with van der Waals surface area (Å²) in [5, 5.41) is 4.97. The van der Waals surface area contributed by atoms with E-state index in [0.29, 0.717) is 19.0 Å². The normalized spacial score (nSPS) is 15.2. The summed E-state index contributed by atoms with van der Waals surface area (Å²) in [7, 11) is 0. The van der Waals surface area contributed by atoms with E-state index in [1.807, 2.05) is 31.2 Å². The number of rotatable bonds is 18. The van der Waals surface area contributed by atoms with Crippen LogP contribution in [0.2, 0.25) is 0 Å². The largest absolute Gasteiger partial charge is 0.379 e. The van der Waals surface area contributed by atoms with Gasteiger partial charge in [-0.3, -0.25) is 28.9 Å². The Morgan fingerprint density at radius 3 is 2.41 bits per heavy atom. The standard InChI is InChI=1S/C25H36N4O7S/c1-18-2-4-19(5-3-18)28-23(32)7-11-35-13-14-36-12-9-27-22(31)6-10-29-24(33)16-21(25(29)34)37-15-8-20(30)17-26/h2-5,21H,6-17,26H2,1H3,(H,27,31)(H,28,32). The third-order valence-electron chi connectivity index (χ3n) is 5.44. The lowest BCUT2D eigenvalue weighted by Crippen LogP contribution is -2.36. The fourth-order valence-corrected chi connectivity index (χ4v) is 4.51. The number of nitrogens with zero attached hydrogens (tertiary/aromatic N) is 1. The van der Waals surface area contributed by atoms with Crippen molar-refractivity contribution in [1.29, 1.82) is 0 Å². The first-order valence-electron chi connectivity index (χ1n) is 12.3. The lowest BCUT2D eigenvalue weighted by molar-refractivity contribution is -0.138. The zero-order chi connectivity index (χ0) is 27.0. The molecule has 11 nitrogen and oxygen atoms in total. The number of carbonyl (C=O) groups excluding carboxylic acids is 5. The van der Waals surface area contributed by atoms with Crippen molar-refractivity contribution in [2.45, 2.75) is 37.9 Å². The molecule has 1 aromatic carbocycles. The molecule has 37 heavy (non-hydrogen) atoms. The number of ketones is 1. The van der Waals surface area contributed by atoms with E-state index in [0.717, 1.165) is 16.2 Å².